The molecule has 26 heavy (non-hydrogen) atoms. The van der Waals surface area contributed by atoms with Gasteiger partial charge in [-0.3, -0.25) is 14.5 Å². The monoisotopic (exact) mass is 380 g/mol. The molecule has 140 valence electrons. The Hall–Kier alpha value is -2.46. The number of urea groups is 1. The number of nitrogens with one attached hydrogen (secondary N) is 1. The summed E-state index contributed by atoms with van der Waals surface area (Å²) in [6.45, 7) is 1.32. The minimum absolute atomic E-state index is 0.0847. The molecule has 1 aromatic carbocycles. The van der Waals surface area contributed by atoms with Crippen molar-refractivity contribution in [1.29, 1.82) is 0 Å². The van der Waals surface area contributed by atoms with Crippen molar-refractivity contribution >= 4 is 27.9 Å². The molecule has 2 aliphatic heterocycles. The van der Waals surface area contributed by atoms with Crippen molar-refractivity contribution in [3.8, 4) is 0 Å². The van der Waals surface area contributed by atoms with Gasteiger partial charge in [-0.05, 0) is 12.1 Å². The van der Waals surface area contributed by atoms with Crippen LogP contribution in [0.25, 0.3) is 0 Å². The van der Waals surface area contributed by atoms with Crippen LogP contribution in [0.5, 0.6) is 0 Å². The molecule has 4 amide bonds. The first-order valence-corrected chi connectivity index (χ1v) is 10.1. The van der Waals surface area contributed by atoms with Crippen molar-refractivity contribution in [2.24, 2.45) is 0 Å². The third-order valence-electron chi connectivity index (χ3n) is 4.48. The summed E-state index contributed by atoms with van der Waals surface area (Å²) in [6, 6.07) is 6.27. The summed E-state index contributed by atoms with van der Waals surface area (Å²) in [6.07, 6.45) is 1.14. The molecule has 0 bridgehead atoms. The molecule has 3 rings (SSSR count). The Morgan fingerprint density at radius 1 is 1.04 bits per heavy atom. The van der Waals surface area contributed by atoms with Gasteiger partial charge in [0.2, 0.25) is 10.0 Å². The van der Waals surface area contributed by atoms with Crippen LogP contribution in [0.15, 0.2) is 24.3 Å². The second kappa shape index (κ2) is 7.04. The van der Waals surface area contributed by atoms with Crippen LogP contribution in [-0.4, -0.2) is 85.9 Å². The van der Waals surface area contributed by atoms with Gasteiger partial charge in [0.25, 0.3) is 11.8 Å². The highest BCUT2D eigenvalue weighted by Gasteiger charge is 2.34. The molecule has 0 radical (unpaired) electrons. The molecular weight excluding hydrogens is 360 g/mol. The molecule has 0 atom stereocenters. The number of piperazine rings is 1. The molecule has 10 heteroatoms. The Morgan fingerprint density at radius 2 is 1.58 bits per heavy atom. The van der Waals surface area contributed by atoms with Gasteiger partial charge in [0.1, 0.15) is 0 Å². The average Bonchev–Trinajstić information content (AvgIpc) is 2.86. The topological polar surface area (TPSA) is 107 Å². The van der Waals surface area contributed by atoms with Gasteiger partial charge < -0.3 is 10.2 Å². The van der Waals surface area contributed by atoms with Crippen molar-refractivity contribution < 1.29 is 22.8 Å². The van der Waals surface area contributed by atoms with Crippen LogP contribution in [0.4, 0.5) is 4.79 Å². The average molecular weight is 380 g/mol. The van der Waals surface area contributed by atoms with Crippen molar-refractivity contribution in [1.82, 2.24) is 19.4 Å². The fourth-order valence-corrected chi connectivity index (χ4v) is 3.88. The maximum absolute atomic E-state index is 12.2. The van der Waals surface area contributed by atoms with Crippen LogP contribution in [0.1, 0.15) is 20.7 Å². The number of nitrogens with zero attached hydrogens (tertiary/aromatic N) is 3. The lowest BCUT2D eigenvalue weighted by Gasteiger charge is -2.33. The third kappa shape index (κ3) is 3.56. The normalized spacial score (nSPS) is 18.2. The second-order valence-electron chi connectivity index (χ2n) is 6.19. The van der Waals surface area contributed by atoms with Crippen molar-refractivity contribution in [3.05, 3.63) is 35.4 Å². The van der Waals surface area contributed by atoms with E-state index in [2.05, 4.69) is 5.32 Å². The Kier molecular flexibility index (Phi) is 4.97. The Morgan fingerprint density at radius 3 is 2.08 bits per heavy atom. The lowest BCUT2D eigenvalue weighted by atomic mass is 10.1. The first kappa shape index (κ1) is 18.3. The number of rotatable bonds is 4. The number of fused-ring (bicyclic) bond motifs is 1. The van der Waals surface area contributed by atoms with Crippen molar-refractivity contribution in [2.45, 2.75) is 0 Å². The first-order chi connectivity index (χ1) is 12.3. The quantitative estimate of drug-likeness (QED) is 0.714. The third-order valence-corrected chi connectivity index (χ3v) is 5.79. The van der Waals surface area contributed by atoms with E-state index in [1.165, 1.54) is 9.21 Å². The molecule has 0 aliphatic carbocycles. The van der Waals surface area contributed by atoms with Gasteiger partial charge >= 0.3 is 6.03 Å². The van der Waals surface area contributed by atoms with Crippen LogP contribution < -0.4 is 5.32 Å². The fourth-order valence-electron chi connectivity index (χ4n) is 3.05. The smallest absolute Gasteiger partial charge is 0.317 e. The summed E-state index contributed by atoms with van der Waals surface area (Å²) in [5.41, 5.74) is 0.751. The molecule has 1 aromatic rings. The highest BCUT2D eigenvalue weighted by molar-refractivity contribution is 7.88. The van der Waals surface area contributed by atoms with E-state index in [0.717, 1.165) is 11.2 Å². The Labute approximate surface area is 151 Å². The summed E-state index contributed by atoms with van der Waals surface area (Å²) in [4.78, 5) is 39.3. The number of carbonyl (C=O) groups excluding carboxylic acids is 3. The molecule has 1 fully saturated rings. The molecule has 2 heterocycles. The standard InChI is InChI=1S/C16H20N4O5S/c1-26(24,25)19-10-8-18(9-11-19)16(23)17-6-7-20-14(21)12-4-2-3-5-13(12)15(20)22/h2-5H,6-11H2,1H3,(H,17,23). The first-order valence-electron chi connectivity index (χ1n) is 8.22. The highest BCUT2D eigenvalue weighted by atomic mass is 32.2. The zero-order chi connectivity index (χ0) is 18.9. The molecule has 0 saturated carbocycles. The Bertz CT molecular complexity index is 811. The van der Waals surface area contributed by atoms with E-state index in [4.69, 9.17) is 0 Å². The van der Waals surface area contributed by atoms with Gasteiger partial charge in [0.15, 0.2) is 0 Å². The molecular formula is C16H20N4O5S. The van der Waals surface area contributed by atoms with E-state index in [1.807, 2.05) is 0 Å². The zero-order valence-corrected chi connectivity index (χ0v) is 15.2. The van der Waals surface area contributed by atoms with Gasteiger partial charge in [-0.15, -0.1) is 0 Å². The van der Waals surface area contributed by atoms with E-state index in [1.54, 1.807) is 24.3 Å². The van der Waals surface area contributed by atoms with Gasteiger partial charge in [-0.1, -0.05) is 12.1 Å². The summed E-state index contributed by atoms with van der Waals surface area (Å²) in [5, 5.41) is 2.67. The minimum Gasteiger partial charge on any atom is -0.336 e. The predicted molar refractivity (Wildman–Crippen MR) is 93.2 cm³/mol. The van der Waals surface area contributed by atoms with Crippen molar-refractivity contribution in [3.63, 3.8) is 0 Å². The largest absolute Gasteiger partial charge is 0.336 e. The maximum Gasteiger partial charge on any atom is 0.317 e. The number of sulfonamides is 1. The highest BCUT2D eigenvalue weighted by Crippen LogP contribution is 2.21. The predicted octanol–water partition coefficient (Wildman–Crippen LogP) is -0.431. The number of imide groups is 1. The molecule has 0 unspecified atom stereocenters. The Balaban J connectivity index is 1.48. The summed E-state index contributed by atoms with van der Waals surface area (Å²) >= 11 is 0. The summed E-state index contributed by atoms with van der Waals surface area (Å²) < 4.78 is 24.3. The van der Waals surface area contributed by atoms with Crippen LogP contribution in [-0.2, 0) is 10.0 Å². The molecule has 2 aliphatic rings. The molecule has 0 aromatic heterocycles. The van der Waals surface area contributed by atoms with Crippen LogP contribution in [0, 0.1) is 0 Å². The number of amides is 4. The number of carbonyl (C=O) groups is 3. The lowest BCUT2D eigenvalue weighted by molar-refractivity contribution is 0.0654. The number of benzene rings is 1. The van der Waals surface area contributed by atoms with Crippen LogP contribution in [0.3, 0.4) is 0 Å². The fraction of sp³-hybridized carbons (Fsp3) is 0.438. The number of hydrogen-bond donors (Lipinski definition) is 1. The summed E-state index contributed by atoms with van der Waals surface area (Å²) in [5.74, 6) is -0.719. The molecule has 1 saturated heterocycles. The lowest BCUT2D eigenvalue weighted by Crippen LogP contribution is -2.53. The zero-order valence-electron chi connectivity index (χ0n) is 14.3. The van der Waals surface area contributed by atoms with Crippen LogP contribution in [0.2, 0.25) is 0 Å². The van der Waals surface area contributed by atoms with Gasteiger partial charge in [-0.25, -0.2) is 13.2 Å². The van der Waals surface area contributed by atoms with E-state index >= 15 is 0 Å². The van der Waals surface area contributed by atoms with E-state index in [-0.39, 0.29) is 44.0 Å². The van der Waals surface area contributed by atoms with E-state index < -0.39 is 10.0 Å². The molecule has 9 nitrogen and oxygen atoms in total. The van der Waals surface area contributed by atoms with Gasteiger partial charge in [-0.2, -0.15) is 4.31 Å². The SMILES string of the molecule is CS(=O)(=O)N1CCN(C(=O)NCCN2C(=O)c3ccccc3C2=O)CC1. The van der Waals surface area contributed by atoms with Crippen molar-refractivity contribution in [2.75, 3.05) is 45.5 Å². The molecule has 0 spiro atoms. The second-order valence-corrected chi connectivity index (χ2v) is 8.17. The maximum atomic E-state index is 12.2. The summed E-state index contributed by atoms with van der Waals surface area (Å²) in [7, 11) is -3.25. The van der Waals surface area contributed by atoms with Gasteiger partial charge in [0, 0.05) is 39.3 Å². The van der Waals surface area contributed by atoms with Gasteiger partial charge in [0.05, 0.1) is 17.4 Å². The number of hydrogen-bond acceptors (Lipinski definition) is 5. The molecule has 1 N–H and O–H groups in total. The van der Waals surface area contributed by atoms with E-state index in [9.17, 15) is 22.8 Å². The van der Waals surface area contributed by atoms with Crippen LogP contribution >= 0.6 is 0 Å². The minimum atomic E-state index is -3.25. The van der Waals surface area contributed by atoms with E-state index in [0.29, 0.717) is 24.2 Å².